The number of hydrogen-bond acceptors (Lipinski definition) is 4. The van der Waals surface area contributed by atoms with Crippen LogP contribution in [0, 0.1) is 13.8 Å². The van der Waals surface area contributed by atoms with Crippen LogP contribution in [0.2, 0.25) is 0 Å². The molecule has 0 unspecified atom stereocenters. The Labute approximate surface area is 168 Å². The number of amides is 2. The predicted molar refractivity (Wildman–Crippen MR) is 107 cm³/mol. The summed E-state index contributed by atoms with van der Waals surface area (Å²) in [4.78, 5) is 35.7. The van der Waals surface area contributed by atoms with Crippen LogP contribution in [0.3, 0.4) is 0 Å². The van der Waals surface area contributed by atoms with E-state index in [1.807, 2.05) is 19.9 Å². The second-order valence-corrected chi connectivity index (χ2v) is 7.81. The summed E-state index contributed by atoms with van der Waals surface area (Å²) >= 11 is 3.44. The van der Waals surface area contributed by atoms with Crippen LogP contribution < -0.4 is 10.6 Å². The van der Waals surface area contributed by atoms with Gasteiger partial charge in [-0.15, -0.1) is 0 Å². The molecule has 0 heterocycles. The molecule has 1 saturated carbocycles. The number of hydrogen-bond donors (Lipinski definition) is 2. The summed E-state index contributed by atoms with van der Waals surface area (Å²) in [6, 6.07) is 3.88. The quantitative estimate of drug-likeness (QED) is 0.634. The molecule has 0 spiro atoms. The molecular weight excluding hydrogens is 412 g/mol. The maximum Gasteiger partial charge on any atom is 0.306 e. The molecule has 0 saturated heterocycles. The van der Waals surface area contributed by atoms with Gasteiger partial charge in [0.25, 0.3) is 5.91 Å². The Kier molecular flexibility index (Phi) is 8.28. The minimum Gasteiger partial charge on any atom is -0.456 e. The first-order valence-corrected chi connectivity index (χ1v) is 10.2. The van der Waals surface area contributed by atoms with E-state index < -0.39 is 11.9 Å². The van der Waals surface area contributed by atoms with E-state index in [1.54, 1.807) is 6.07 Å². The van der Waals surface area contributed by atoms with Crippen LogP contribution in [0.15, 0.2) is 16.6 Å². The van der Waals surface area contributed by atoms with E-state index in [4.69, 9.17) is 4.74 Å². The smallest absolute Gasteiger partial charge is 0.306 e. The highest BCUT2D eigenvalue weighted by Gasteiger charge is 2.17. The Hall–Kier alpha value is -1.89. The molecule has 0 bridgehead atoms. The number of carbonyl (C=O) groups is 3. The molecule has 148 valence electrons. The van der Waals surface area contributed by atoms with Gasteiger partial charge in [-0.2, -0.15) is 0 Å². The topological polar surface area (TPSA) is 84.5 Å². The summed E-state index contributed by atoms with van der Waals surface area (Å²) in [5.74, 6) is -1.09. The van der Waals surface area contributed by atoms with E-state index in [0.717, 1.165) is 41.3 Å². The summed E-state index contributed by atoms with van der Waals surface area (Å²) in [6.45, 7) is 3.50. The first kappa shape index (κ1) is 21.4. The fourth-order valence-corrected chi connectivity index (χ4v) is 3.52. The molecule has 2 rings (SSSR count). The Morgan fingerprint density at radius 3 is 2.44 bits per heavy atom. The standard InChI is InChI=1S/C20H27BrN2O4/c1-13-14(2)17(9-8-16(13)21)23-19(25)12-27-20(26)11-10-18(24)22-15-6-4-3-5-7-15/h8-9,15H,3-7,10-12H2,1-2H3,(H,22,24)(H,23,25). The normalized spacial score (nSPS) is 14.5. The van der Waals surface area contributed by atoms with Gasteiger partial charge >= 0.3 is 5.97 Å². The van der Waals surface area contributed by atoms with E-state index >= 15 is 0 Å². The number of halogens is 1. The van der Waals surface area contributed by atoms with Crippen LogP contribution in [0.25, 0.3) is 0 Å². The Bertz CT molecular complexity index is 699. The van der Waals surface area contributed by atoms with Crippen molar-refractivity contribution >= 4 is 39.4 Å². The first-order chi connectivity index (χ1) is 12.9. The third-order valence-electron chi connectivity index (χ3n) is 4.89. The van der Waals surface area contributed by atoms with Crippen LogP contribution in [-0.4, -0.2) is 30.4 Å². The van der Waals surface area contributed by atoms with E-state index in [1.165, 1.54) is 6.42 Å². The fourth-order valence-electron chi connectivity index (χ4n) is 3.09. The number of benzene rings is 1. The lowest BCUT2D eigenvalue weighted by Crippen LogP contribution is -2.36. The Morgan fingerprint density at radius 2 is 1.74 bits per heavy atom. The molecule has 2 amide bonds. The zero-order valence-electron chi connectivity index (χ0n) is 15.9. The van der Waals surface area contributed by atoms with Gasteiger partial charge in [0.05, 0.1) is 6.42 Å². The minimum absolute atomic E-state index is 0.0255. The van der Waals surface area contributed by atoms with Crippen molar-refractivity contribution in [1.82, 2.24) is 5.32 Å². The van der Waals surface area contributed by atoms with Crippen molar-refractivity contribution < 1.29 is 19.1 Å². The van der Waals surface area contributed by atoms with E-state index in [9.17, 15) is 14.4 Å². The summed E-state index contributed by atoms with van der Waals surface area (Å²) in [5.41, 5.74) is 2.67. The lowest BCUT2D eigenvalue weighted by molar-refractivity contribution is -0.148. The van der Waals surface area contributed by atoms with E-state index in [-0.39, 0.29) is 31.4 Å². The molecule has 1 aromatic carbocycles. The SMILES string of the molecule is Cc1c(Br)ccc(NC(=O)COC(=O)CCC(=O)NC2CCCCC2)c1C. The van der Waals surface area contributed by atoms with E-state index in [2.05, 4.69) is 26.6 Å². The monoisotopic (exact) mass is 438 g/mol. The van der Waals surface area contributed by atoms with Crippen molar-refractivity contribution in [2.75, 3.05) is 11.9 Å². The zero-order valence-corrected chi connectivity index (χ0v) is 17.5. The first-order valence-electron chi connectivity index (χ1n) is 9.37. The average molecular weight is 439 g/mol. The van der Waals surface area contributed by atoms with Crippen LogP contribution in [0.5, 0.6) is 0 Å². The third kappa shape index (κ3) is 6.97. The molecule has 1 aliphatic carbocycles. The second kappa shape index (κ2) is 10.4. The van der Waals surface area contributed by atoms with Crippen molar-refractivity contribution in [2.24, 2.45) is 0 Å². The number of ether oxygens (including phenoxy) is 1. The van der Waals surface area contributed by atoms with Crippen LogP contribution in [0.4, 0.5) is 5.69 Å². The molecule has 6 nitrogen and oxygen atoms in total. The highest BCUT2D eigenvalue weighted by Crippen LogP contribution is 2.25. The lowest BCUT2D eigenvalue weighted by Gasteiger charge is -2.22. The van der Waals surface area contributed by atoms with Crippen LogP contribution in [-0.2, 0) is 19.1 Å². The lowest BCUT2D eigenvalue weighted by atomic mass is 9.95. The average Bonchev–Trinajstić information content (AvgIpc) is 2.66. The predicted octanol–water partition coefficient (Wildman–Crippen LogP) is 3.78. The molecule has 1 aliphatic rings. The summed E-state index contributed by atoms with van der Waals surface area (Å²) in [6.07, 6.45) is 5.57. The molecular formula is C20H27BrN2O4. The highest BCUT2D eigenvalue weighted by atomic mass is 79.9. The van der Waals surface area contributed by atoms with Crippen molar-refractivity contribution in [3.05, 3.63) is 27.7 Å². The number of esters is 1. The molecule has 0 aliphatic heterocycles. The molecule has 7 heteroatoms. The molecule has 1 aromatic rings. The maximum absolute atomic E-state index is 12.0. The van der Waals surface area contributed by atoms with Gasteiger partial charge in [-0.1, -0.05) is 35.2 Å². The summed E-state index contributed by atoms with van der Waals surface area (Å²) < 4.78 is 5.94. The molecule has 0 aromatic heterocycles. The van der Waals surface area contributed by atoms with Crippen LogP contribution >= 0.6 is 15.9 Å². The Balaban J connectivity index is 1.68. The summed E-state index contributed by atoms with van der Waals surface area (Å²) in [7, 11) is 0. The Morgan fingerprint density at radius 1 is 1.04 bits per heavy atom. The molecule has 0 radical (unpaired) electrons. The molecule has 27 heavy (non-hydrogen) atoms. The fraction of sp³-hybridized carbons (Fsp3) is 0.550. The number of nitrogens with one attached hydrogen (secondary N) is 2. The van der Waals surface area contributed by atoms with Gasteiger partial charge in [0.1, 0.15) is 0 Å². The second-order valence-electron chi connectivity index (χ2n) is 6.96. The van der Waals surface area contributed by atoms with Crippen molar-refractivity contribution in [3.8, 4) is 0 Å². The minimum atomic E-state index is -0.548. The van der Waals surface area contributed by atoms with E-state index in [0.29, 0.717) is 5.69 Å². The third-order valence-corrected chi connectivity index (χ3v) is 5.74. The molecule has 0 atom stereocenters. The molecule has 2 N–H and O–H groups in total. The maximum atomic E-state index is 12.0. The van der Waals surface area contributed by atoms with Crippen LogP contribution in [0.1, 0.15) is 56.1 Å². The highest BCUT2D eigenvalue weighted by molar-refractivity contribution is 9.10. The summed E-state index contributed by atoms with van der Waals surface area (Å²) in [5, 5.41) is 5.69. The zero-order chi connectivity index (χ0) is 19.8. The van der Waals surface area contributed by atoms with Gasteiger partial charge in [0, 0.05) is 22.6 Å². The van der Waals surface area contributed by atoms with Crippen molar-refractivity contribution in [1.29, 1.82) is 0 Å². The van der Waals surface area contributed by atoms with Gasteiger partial charge in [-0.3, -0.25) is 14.4 Å². The number of anilines is 1. The van der Waals surface area contributed by atoms with Gasteiger partial charge in [-0.05, 0) is 49.9 Å². The largest absolute Gasteiger partial charge is 0.456 e. The number of carbonyl (C=O) groups excluding carboxylic acids is 3. The van der Waals surface area contributed by atoms with Gasteiger partial charge in [0.2, 0.25) is 5.91 Å². The van der Waals surface area contributed by atoms with Gasteiger partial charge < -0.3 is 15.4 Å². The van der Waals surface area contributed by atoms with Crippen molar-refractivity contribution in [3.63, 3.8) is 0 Å². The van der Waals surface area contributed by atoms with Gasteiger partial charge in [0.15, 0.2) is 6.61 Å². The number of rotatable bonds is 7. The van der Waals surface area contributed by atoms with Crippen molar-refractivity contribution in [2.45, 2.75) is 64.8 Å². The van der Waals surface area contributed by atoms with Gasteiger partial charge in [-0.25, -0.2) is 0 Å². The molecule has 1 fully saturated rings.